The van der Waals surface area contributed by atoms with Crippen LogP contribution in [0.1, 0.15) is 48.9 Å². The minimum Gasteiger partial charge on any atom is -0.376 e. The highest BCUT2D eigenvalue weighted by Gasteiger charge is 2.32. The SMILES string of the molecule is O=C(c1cnn2ncccc12)N(CC1CCCO1)C1CCCC1. The molecule has 2 aromatic heterocycles. The first-order valence-electron chi connectivity index (χ1n) is 8.54. The van der Waals surface area contributed by atoms with Crippen LogP contribution < -0.4 is 0 Å². The molecule has 2 aliphatic rings. The smallest absolute Gasteiger partial charge is 0.258 e. The van der Waals surface area contributed by atoms with Crippen molar-refractivity contribution < 1.29 is 9.53 Å². The van der Waals surface area contributed by atoms with E-state index in [0.29, 0.717) is 18.2 Å². The van der Waals surface area contributed by atoms with E-state index in [1.54, 1.807) is 12.4 Å². The van der Waals surface area contributed by atoms with Crippen molar-refractivity contribution in [3.8, 4) is 0 Å². The van der Waals surface area contributed by atoms with Crippen LogP contribution in [0.15, 0.2) is 24.5 Å². The molecule has 6 heteroatoms. The molecule has 0 N–H and O–H groups in total. The second-order valence-electron chi connectivity index (χ2n) is 6.49. The number of nitrogens with zero attached hydrogens (tertiary/aromatic N) is 4. The van der Waals surface area contributed by atoms with Crippen molar-refractivity contribution in [2.75, 3.05) is 13.2 Å². The van der Waals surface area contributed by atoms with E-state index >= 15 is 0 Å². The summed E-state index contributed by atoms with van der Waals surface area (Å²) >= 11 is 0. The molecule has 0 radical (unpaired) electrons. The van der Waals surface area contributed by atoms with Crippen molar-refractivity contribution in [3.63, 3.8) is 0 Å². The van der Waals surface area contributed by atoms with E-state index in [-0.39, 0.29) is 12.0 Å². The number of rotatable bonds is 4. The van der Waals surface area contributed by atoms with Crippen molar-refractivity contribution in [3.05, 3.63) is 30.1 Å². The molecule has 6 nitrogen and oxygen atoms in total. The van der Waals surface area contributed by atoms with E-state index in [2.05, 4.69) is 10.2 Å². The summed E-state index contributed by atoms with van der Waals surface area (Å²) in [6.45, 7) is 1.51. The summed E-state index contributed by atoms with van der Waals surface area (Å²) in [6.07, 6.45) is 10.2. The lowest BCUT2D eigenvalue weighted by Crippen LogP contribution is -2.43. The van der Waals surface area contributed by atoms with Crippen molar-refractivity contribution in [1.82, 2.24) is 19.7 Å². The van der Waals surface area contributed by atoms with E-state index in [1.807, 2.05) is 17.0 Å². The standard InChI is InChI=1S/C17H22N4O2/c22-17(15-11-19-21-16(15)8-3-9-18-21)20(13-5-1-2-6-13)12-14-7-4-10-23-14/h3,8-9,11,13-14H,1-2,4-7,10,12H2. The zero-order valence-corrected chi connectivity index (χ0v) is 13.2. The average Bonchev–Trinajstić information content (AvgIpc) is 3.32. The molecule has 1 unspecified atom stereocenters. The summed E-state index contributed by atoms with van der Waals surface area (Å²) in [4.78, 5) is 15.2. The first kappa shape index (κ1) is 14.6. The van der Waals surface area contributed by atoms with Gasteiger partial charge < -0.3 is 9.64 Å². The Bertz CT molecular complexity index is 687. The highest BCUT2D eigenvalue weighted by molar-refractivity contribution is 6.00. The van der Waals surface area contributed by atoms with Crippen LogP contribution >= 0.6 is 0 Å². The molecule has 1 saturated carbocycles. The van der Waals surface area contributed by atoms with Gasteiger partial charge in [-0.05, 0) is 37.8 Å². The van der Waals surface area contributed by atoms with Crippen molar-refractivity contribution in [1.29, 1.82) is 0 Å². The fourth-order valence-corrected chi connectivity index (χ4v) is 3.77. The maximum absolute atomic E-state index is 13.2. The van der Waals surface area contributed by atoms with Crippen LogP contribution in [0.4, 0.5) is 0 Å². The van der Waals surface area contributed by atoms with Crippen LogP contribution in [0.2, 0.25) is 0 Å². The number of hydrogen-bond acceptors (Lipinski definition) is 4. The molecule has 0 aromatic carbocycles. The molecule has 2 aromatic rings. The van der Waals surface area contributed by atoms with Crippen LogP contribution in [-0.2, 0) is 4.74 Å². The van der Waals surface area contributed by atoms with Crippen LogP contribution in [0.25, 0.3) is 5.52 Å². The van der Waals surface area contributed by atoms with Gasteiger partial charge in [-0.2, -0.15) is 14.8 Å². The third kappa shape index (κ3) is 2.83. The highest BCUT2D eigenvalue weighted by Crippen LogP contribution is 2.27. The third-order valence-corrected chi connectivity index (χ3v) is 4.98. The van der Waals surface area contributed by atoms with Gasteiger partial charge in [-0.3, -0.25) is 4.79 Å². The molecule has 23 heavy (non-hydrogen) atoms. The van der Waals surface area contributed by atoms with Crippen molar-refractivity contribution >= 4 is 11.4 Å². The molecule has 1 aliphatic carbocycles. The fraction of sp³-hybridized carbons (Fsp3) is 0.588. The summed E-state index contributed by atoms with van der Waals surface area (Å²) in [5, 5.41) is 8.36. The minimum absolute atomic E-state index is 0.0652. The largest absolute Gasteiger partial charge is 0.376 e. The molecule has 1 atom stereocenters. The number of ether oxygens (including phenoxy) is 1. The summed E-state index contributed by atoms with van der Waals surface area (Å²) in [6, 6.07) is 4.07. The van der Waals surface area contributed by atoms with Gasteiger partial charge in [0.05, 0.1) is 17.9 Å². The number of aromatic nitrogens is 3. The Morgan fingerprint density at radius 2 is 2.13 bits per heavy atom. The lowest BCUT2D eigenvalue weighted by Gasteiger charge is -2.31. The maximum Gasteiger partial charge on any atom is 0.258 e. The van der Waals surface area contributed by atoms with E-state index in [0.717, 1.165) is 37.8 Å². The van der Waals surface area contributed by atoms with E-state index in [9.17, 15) is 4.79 Å². The Kier molecular flexibility index (Phi) is 3.99. The van der Waals surface area contributed by atoms with Gasteiger partial charge in [0.15, 0.2) is 0 Å². The highest BCUT2D eigenvalue weighted by atomic mass is 16.5. The van der Waals surface area contributed by atoms with Gasteiger partial charge in [0.25, 0.3) is 5.91 Å². The summed E-state index contributed by atoms with van der Waals surface area (Å²) in [7, 11) is 0. The Morgan fingerprint density at radius 1 is 1.26 bits per heavy atom. The topological polar surface area (TPSA) is 59.7 Å². The zero-order valence-electron chi connectivity index (χ0n) is 13.2. The number of carbonyl (C=O) groups excluding carboxylic acids is 1. The van der Waals surface area contributed by atoms with Crippen molar-refractivity contribution in [2.45, 2.75) is 50.7 Å². The minimum atomic E-state index is 0.0652. The second kappa shape index (κ2) is 6.28. The average molecular weight is 314 g/mol. The molecule has 3 heterocycles. The van der Waals surface area contributed by atoms with Gasteiger partial charge in [-0.25, -0.2) is 0 Å². The Balaban J connectivity index is 1.62. The molecule has 0 bridgehead atoms. The van der Waals surface area contributed by atoms with Crippen LogP contribution in [0.5, 0.6) is 0 Å². The first-order valence-corrected chi connectivity index (χ1v) is 8.54. The van der Waals surface area contributed by atoms with Crippen LogP contribution in [0, 0.1) is 0 Å². The number of fused-ring (bicyclic) bond motifs is 1. The molecule has 4 rings (SSSR count). The molecule has 1 aliphatic heterocycles. The lowest BCUT2D eigenvalue weighted by molar-refractivity contribution is 0.0422. The predicted molar refractivity (Wildman–Crippen MR) is 85.3 cm³/mol. The van der Waals surface area contributed by atoms with Gasteiger partial charge in [0.2, 0.25) is 0 Å². The quantitative estimate of drug-likeness (QED) is 0.869. The van der Waals surface area contributed by atoms with Gasteiger partial charge >= 0.3 is 0 Å². The normalized spacial score (nSPS) is 22.0. The van der Waals surface area contributed by atoms with E-state index < -0.39 is 0 Å². The molecule has 0 spiro atoms. The molecular formula is C17H22N4O2. The predicted octanol–water partition coefficient (Wildman–Crippen LogP) is 2.29. The van der Waals surface area contributed by atoms with E-state index in [4.69, 9.17) is 4.74 Å². The molecular weight excluding hydrogens is 292 g/mol. The van der Waals surface area contributed by atoms with Gasteiger partial charge in [-0.1, -0.05) is 12.8 Å². The van der Waals surface area contributed by atoms with Crippen LogP contribution in [-0.4, -0.2) is 50.9 Å². The zero-order chi connectivity index (χ0) is 15.6. The summed E-state index contributed by atoms with van der Waals surface area (Å²) in [5.41, 5.74) is 1.41. The second-order valence-corrected chi connectivity index (χ2v) is 6.49. The Hall–Kier alpha value is -1.95. The molecule has 122 valence electrons. The number of hydrogen-bond donors (Lipinski definition) is 0. The van der Waals surface area contributed by atoms with E-state index in [1.165, 1.54) is 17.5 Å². The van der Waals surface area contributed by atoms with Gasteiger partial charge in [0, 0.05) is 25.4 Å². The first-order chi connectivity index (χ1) is 11.3. The Labute approximate surface area is 135 Å². The molecule has 1 amide bonds. The molecule has 2 fully saturated rings. The number of amides is 1. The third-order valence-electron chi connectivity index (χ3n) is 4.98. The number of carbonyl (C=O) groups is 1. The maximum atomic E-state index is 13.2. The van der Waals surface area contributed by atoms with Gasteiger partial charge in [0.1, 0.15) is 5.52 Å². The van der Waals surface area contributed by atoms with Gasteiger partial charge in [-0.15, -0.1) is 0 Å². The molecule has 1 saturated heterocycles. The monoisotopic (exact) mass is 314 g/mol. The Morgan fingerprint density at radius 3 is 2.91 bits per heavy atom. The summed E-state index contributed by atoms with van der Waals surface area (Å²) in [5.74, 6) is 0.0652. The lowest BCUT2D eigenvalue weighted by atomic mass is 10.1. The summed E-state index contributed by atoms with van der Waals surface area (Å²) < 4.78 is 7.29. The van der Waals surface area contributed by atoms with Crippen LogP contribution in [0.3, 0.4) is 0 Å². The van der Waals surface area contributed by atoms with Crippen molar-refractivity contribution in [2.24, 2.45) is 0 Å². The fourth-order valence-electron chi connectivity index (χ4n) is 3.77.